The van der Waals surface area contributed by atoms with Crippen molar-refractivity contribution in [2.45, 2.75) is 31.7 Å². The van der Waals surface area contributed by atoms with Gasteiger partial charge in [0.15, 0.2) is 0 Å². The molecule has 148 valence electrons. The summed E-state index contributed by atoms with van der Waals surface area (Å²) in [5, 5.41) is 3.45. The van der Waals surface area contributed by atoms with E-state index in [1.54, 1.807) is 6.07 Å². The second-order valence-corrected chi connectivity index (χ2v) is 7.31. The van der Waals surface area contributed by atoms with Crippen LogP contribution in [0.2, 0.25) is 0 Å². The van der Waals surface area contributed by atoms with Crippen molar-refractivity contribution in [1.82, 2.24) is 4.90 Å². The summed E-state index contributed by atoms with van der Waals surface area (Å²) < 4.78 is 13.6. The fourth-order valence-corrected chi connectivity index (χ4v) is 3.75. The number of rotatable bonds is 7. The van der Waals surface area contributed by atoms with Crippen LogP contribution < -0.4 is 11.1 Å². The maximum absolute atomic E-state index is 13.6. The third-order valence-electron chi connectivity index (χ3n) is 5.19. The Morgan fingerprint density at radius 2 is 1.89 bits per heavy atom. The van der Waals surface area contributed by atoms with Gasteiger partial charge in [-0.2, -0.15) is 0 Å². The Morgan fingerprint density at radius 3 is 2.61 bits per heavy atom. The lowest BCUT2D eigenvalue weighted by Gasteiger charge is -2.39. The highest BCUT2D eigenvalue weighted by atomic mass is 19.1. The molecule has 2 atom stereocenters. The molecule has 0 unspecified atom stereocenters. The molecular weight excluding hydrogens is 357 g/mol. The number of primary amides is 1. The van der Waals surface area contributed by atoms with Crippen molar-refractivity contribution in [3.05, 3.63) is 66.0 Å². The van der Waals surface area contributed by atoms with Gasteiger partial charge in [0, 0.05) is 43.6 Å². The first-order valence-corrected chi connectivity index (χ1v) is 9.63. The van der Waals surface area contributed by atoms with E-state index < -0.39 is 5.91 Å². The van der Waals surface area contributed by atoms with E-state index in [0.29, 0.717) is 13.1 Å². The molecule has 2 aromatic carbocycles. The Labute approximate surface area is 164 Å². The summed E-state index contributed by atoms with van der Waals surface area (Å²) in [7, 11) is 0. The first-order chi connectivity index (χ1) is 13.5. The number of anilines is 1. The summed E-state index contributed by atoms with van der Waals surface area (Å²) in [5.74, 6) is -0.599. The number of carbonyl (C=O) groups is 2. The largest absolute Gasteiger partial charge is 0.382 e. The molecule has 0 spiro atoms. The second-order valence-electron chi connectivity index (χ2n) is 7.31. The Balaban J connectivity index is 1.71. The average molecular weight is 383 g/mol. The number of nitrogens with two attached hydrogens (primary N) is 1. The van der Waals surface area contributed by atoms with Gasteiger partial charge < -0.3 is 16.0 Å². The predicted molar refractivity (Wildman–Crippen MR) is 107 cm³/mol. The molecule has 0 bridgehead atoms. The van der Waals surface area contributed by atoms with Gasteiger partial charge >= 0.3 is 0 Å². The highest BCUT2D eigenvalue weighted by Gasteiger charge is 2.31. The molecule has 3 N–H and O–H groups in total. The van der Waals surface area contributed by atoms with E-state index in [1.165, 1.54) is 17.7 Å². The summed E-state index contributed by atoms with van der Waals surface area (Å²) in [4.78, 5) is 25.3. The second kappa shape index (κ2) is 9.35. The van der Waals surface area contributed by atoms with Crippen molar-refractivity contribution in [2.75, 3.05) is 18.4 Å². The molecule has 28 heavy (non-hydrogen) atoms. The van der Waals surface area contributed by atoms with Crippen LogP contribution in [-0.2, 0) is 16.0 Å². The fraction of sp³-hybridized carbons (Fsp3) is 0.364. The first kappa shape index (κ1) is 19.9. The number of nitrogens with one attached hydrogen (secondary N) is 1. The standard InChI is InChI=1S/C22H26FN3O2/c23-18-7-4-8-19(14-18)25-20-11-12-26(22(28)10-9-21(24)27)15-17(20)13-16-5-2-1-3-6-16/h1-8,14,17,20,25H,9-13,15H2,(H2,24,27)/t17-,20+/m0/s1. The lowest BCUT2D eigenvalue weighted by molar-refractivity contribution is -0.134. The van der Waals surface area contributed by atoms with Gasteiger partial charge in [-0.25, -0.2) is 4.39 Å². The minimum Gasteiger partial charge on any atom is -0.382 e. The van der Waals surface area contributed by atoms with E-state index in [-0.39, 0.29) is 36.5 Å². The molecule has 0 radical (unpaired) electrons. The van der Waals surface area contributed by atoms with Crippen molar-refractivity contribution < 1.29 is 14.0 Å². The van der Waals surface area contributed by atoms with Crippen LogP contribution in [0.15, 0.2) is 54.6 Å². The fourth-order valence-electron chi connectivity index (χ4n) is 3.75. The molecule has 0 saturated carbocycles. The van der Waals surface area contributed by atoms with Crippen LogP contribution in [0.1, 0.15) is 24.8 Å². The molecular formula is C22H26FN3O2. The molecule has 6 heteroatoms. The van der Waals surface area contributed by atoms with Crippen LogP contribution in [0.25, 0.3) is 0 Å². The summed E-state index contributed by atoms with van der Waals surface area (Å²) in [6.07, 6.45) is 1.79. The predicted octanol–water partition coefficient (Wildman–Crippen LogP) is 2.96. The highest BCUT2D eigenvalue weighted by molar-refractivity contribution is 5.83. The zero-order chi connectivity index (χ0) is 19.9. The first-order valence-electron chi connectivity index (χ1n) is 9.63. The number of halogens is 1. The van der Waals surface area contributed by atoms with Gasteiger partial charge in [0.1, 0.15) is 5.82 Å². The zero-order valence-corrected chi connectivity index (χ0v) is 15.8. The zero-order valence-electron chi connectivity index (χ0n) is 15.8. The molecule has 1 heterocycles. The Hall–Kier alpha value is -2.89. The van der Waals surface area contributed by atoms with Crippen LogP contribution in [0.4, 0.5) is 10.1 Å². The minimum atomic E-state index is -0.461. The van der Waals surface area contributed by atoms with Crippen LogP contribution in [0.5, 0.6) is 0 Å². The smallest absolute Gasteiger partial charge is 0.223 e. The molecule has 2 amide bonds. The molecule has 1 aliphatic heterocycles. The summed E-state index contributed by atoms with van der Waals surface area (Å²) >= 11 is 0. The Bertz CT molecular complexity index is 812. The van der Waals surface area contributed by atoms with Crippen molar-refractivity contribution in [1.29, 1.82) is 0 Å². The Kier molecular flexibility index (Phi) is 6.63. The quantitative estimate of drug-likeness (QED) is 0.772. The number of amides is 2. The lowest BCUT2D eigenvalue weighted by Crippen LogP contribution is -2.49. The normalized spacial score (nSPS) is 19.2. The molecule has 2 aromatic rings. The third kappa shape index (κ3) is 5.55. The number of benzene rings is 2. The Morgan fingerprint density at radius 1 is 1.11 bits per heavy atom. The number of likely N-dealkylation sites (tertiary alicyclic amines) is 1. The van der Waals surface area contributed by atoms with E-state index in [0.717, 1.165) is 18.5 Å². The van der Waals surface area contributed by atoms with Crippen LogP contribution >= 0.6 is 0 Å². The van der Waals surface area contributed by atoms with Crippen LogP contribution in [-0.4, -0.2) is 35.8 Å². The van der Waals surface area contributed by atoms with Gasteiger partial charge in [-0.05, 0) is 36.6 Å². The van der Waals surface area contributed by atoms with Gasteiger partial charge in [-0.3, -0.25) is 9.59 Å². The van der Waals surface area contributed by atoms with Crippen molar-refractivity contribution >= 4 is 17.5 Å². The van der Waals surface area contributed by atoms with E-state index in [2.05, 4.69) is 17.4 Å². The van der Waals surface area contributed by atoms with E-state index in [4.69, 9.17) is 5.73 Å². The maximum atomic E-state index is 13.6. The topological polar surface area (TPSA) is 75.4 Å². The van der Waals surface area contributed by atoms with Gasteiger partial charge in [0.2, 0.25) is 11.8 Å². The number of piperidine rings is 1. The number of nitrogens with zero attached hydrogens (tertiary/aromatic N) is 1. The molecule has 5 nitrogen and oxygen atoms in total. The van der Waals surface area contributed by atoms with Gasteiger partial charge in [0.05, 0.1) is 0 Å². The van der Waals surface area contributed by atoms with Crippen molar-refractivity contribution in [3.8, 4) is 0 Å². The van der Waals surface area contributed by atoms with Gasteiger partial charge in [-0.1, -0.05) is 36.4 Å². The van der Waals surface area contributed by atoms with E-state index in [1.807, 2.05) is 29.2 Å². The summed E-state index contributed by atoms with van der Waals surface area (Å²) in [5.41, 5.74) is 7.12. The SMILES string of the molecule is NC(=O)CCC(=O)N1CC[C@@H](Nc2cccc(F)c2)[C@@H](Cc2ccccc2)C1. The molecule has 0 aromatic heterocycles. The van der Waals surface area contributed by atoms with Gasteiger partial charge in [0.25, 0.3) is 0 Å². The average Bonchev–Trinajstić information content (AvgIpc) is 2.68. The van der Waals surface area contributed by atoms with Crippen molar-refractivity contribution in [3.63, 3.8) is 0 Å². The van der Waals surface area contributed by atoms with E-state index in [9.17, 15) is 14.0 Å². The molecule has 3 rings (SSSR count). The molecule has 1 fully saturated rings. The summed E-state index contributed by atoms with van der Waals surface area (Å²) in [6.45, 7) is 1.20. The molecule has 1 saturated heterocycles. The minimum absolute atomic E-state index is 0.0407. The van der Waals surface area contributed by atoms with Gasteiger partial charge in [-0.15, -0.1) is 0 Å². The maximum Gasteiger partial charge on any atom is 0.223 e. The molecule has 1 aliphatic rings. The number of hydrogen-bond donors (Lipinski definition) is 2. The van der Waals surface area contributed by atoms with Crippen LogP contribution in [0.3, 0.4) is 0 Å². The van der Waals surface area contributed by atoms with Crippen molar-refractivity contribution in [2.24, 2.45) is 11.7 Å². The van der Waals surface area contributed by atoms with Crippen LogP contribution in [0, 0.1) is 11.7 Å². The lowest BCUT2D eigenvalue weighted by atomic mass is 9.86. The summed E-state index contributed by atoms with van der Waals surface area (Å²) in [6, 6.07) is 16.7. The van der Waals surface area contributed by atoms with E-state index >= 15 is 0 Å². The third-order valence-corrected chi connectivity index (χ3v) is 5.19. The number of carbonyl (C=O) groups excluding carboxylic acids is 2. The number of hydrogen-bond acceptors (Lipinski definition) is 3. The monoisotopic (exact) mass is 383 g/mol. The molecule has 0 aliphatic carbocycles. The highest BCUT2D eigenvalue weighted by Crippen LogP contribution is 2.26.